The minimum atomic E-state index is -1.76. The SMILES string of the molecule is CC1CCCN(C(=O)COc2cccc(B(O)O)c2C=O)C1. The van der Waals surface area contributed by atoms with Gasteiger partial charge in [-0.05, 0) is 30.3 Å². The van der Waals surface area contributed by atoms with Crippen LogP contribution in [0.2, 0.25) is 0 Å². The van der Waals surface area contributed by atoms with Crippen LogP contribution in [0.3, 0.4) is 0 Å². The van der Waals surface area contributed by atoms with Crippen molar-refractivity contribution in [2.45, 2.75) is 19.8 Å². The van der Waals surface area contributed by atoms with E-state index in [0.29, 0.717) is 12.2 Å². The van der Waals surface area contributed by atoms with Gasteiger partial charge in [0, 0.05) is 13.1 Å². The first kappa shape index (κ1) is 16.5. The number of carbonyl (C=O) groups excluding carboxylic acids is 2. The number of benzene rings is 1. The number of aldehydes is 1. The summed E-state index contributed by atoms with van der Waals surface area (Å²) >= 11 is 0. The molecular formula is C15H20BNO5. The van der Waals surface area contributed by atoms with Gasteiger partial charge >= 0.3 is 7.12 Å². The second-order valence-corrected chi connectivity index (χ2v) is 5.63. The predicted molar refractivity (Wildman–Crippen MR) is 82.1 cm³/mol. The molecule has 1 unspecified atom stereocenters. The lowest BCUT2D eigenvalue weighted by Crippen LogP contribution is -2.41. The molecule has 1 aromatic carbocycles. The van der Waals surface area contributed by atoms with Crippen LogP contribution in [0.1, 0.15) is 30.1 Å². The van der Waals surface area contributed by atoms with E-state index >= 15 is 0 Å². The van der Waals surface area contributed by atoms with Crippen molar-refractivity contribution in [1.82, 2.24) is 4.90 Å². The number of ether oxygens (including phenoxy) is 1. The summed E-state index contributed by atoms with van der Waals surface area (Å²) in [5.41, 5.74) is 0.115. The summed E-state index contributed by atoms with van der Waals surface area (Å²) in [6.45, 7) is 3.38. The normalized spacial score (nSPS) is 18.0. The molecule has 1 aliphatic rings. The number of likely N-dealkylation sites (tertiary alicyclic amines) is 1. The van der Waals surface area contributed by atoms with Gasteiger partial charge < -0.3 is 19.7 Å². The van der Waals surface area contributed by atoms with Crippen LogP contribution in [0.25, 0.3) is 0 Å². The summed E-state index contributed by atoms with van der Waals surface area (Å²) in [5, 5.41) is 18.5. The molecule has 0 bridgehead atoms. The zero-order valence-corrected chi connectivity index (χ0v) is 12.6. The Morgan fingerprint density at radius 3 is 2.91 bits per heavy atom. The van der Waals surface area contributed by atoms with Gasteiger partial charge in [0.05, 0.1) is 5.56 Å². The van der Waals surface area contributed by atoms with Gasteiger partial charge in [-0.1, -0.05) is 19.1 Å². The van der Waals surface area contributed by atoms with E-state index in [1.165, 1.54) is 12.1 Å². The molecule has 2 N–H and O–H groups in total. The topological polar surface area (TPSA) is 87.1 Å². The van der Waals surface area contributed by atoms with Gasteiger partial charge in [0.1, 0.15) is 5.75 Å². The van der Waals surface area contributed by atoms with E-state index in [-0.39, 0.29) is 29.3 Å². The summed E-state index contributed by atoms with van der Waals surface area (Å²) in [7, 11) is -1.76. The van der Waals surface area contributed by atoms with Crippen LogP contribution in [0.15, 0.2) is 18.2 Å². The molecule has 1 heterocycles. The quantitative estimate of drug-likeness (QED) is 0.582. The van der Waals surface area contributed by atoms with Crippen LogP contribution in [-0.2, 0) is 4.79 Å². The highest BCUT2D eigenvalue weighted by Crippen LogP contribution is 2.17. The fourth-order valence-corrected chi connectivity index (χ4v) is 2.68. The summed E-state index contributed by atoms with van der Waals surface area (Å²) in [4.78, 5) is 25.1. The average molecular weight is 305 g/mol. The van der Waals surface area contributed by atoms with Gasteiger partial charge in [-0.3, -0.25) is 9.59 Å². The maximum Gasteiger partial charge on any atom is 0.489 e. The van der Waals surface area contributed by atoms with Crippen molar-refractivity contribution in [1.29, 1.82) is 0 Å². The maximum absolute atomic E-state index is 12.1. The molecule has 6 nitrogen and oxygen atoms in total. The number of hydrogen-bond donors (Lipinski definition) is 2. The number of hydrogen-bond acceptors (Lipinski definition) is 5. The lowest BCUT2D eigenvalue weighted by Gasteiger charge is -2.30. The third-order valence-electron chi connectivity index (χ3n) is 3.86. The first-order valence-corrected chi connectivity index (χ1v) is 7.37. The standard InChI is InChI=1S/C15H20BNO5/c1-11-4-3-7-17(8-11)15(19)10-22-14-6-2-5-13(16(20)21)12(14)9-18/h2,5-6,9,11,20-21H,3-4,7-8,10H2,1H3. The Morgan fingerprint density at radius 1 is 1.50 bits per heavy atom. The summed E-state index contributed by atoms with van der Waals surface area (Å²) in [6.07, 6.45) is 2.60. The molecule has 0 aliphatic carbocycles. The summed E-state index contributed by atoms with van der Waals surface area (Å²) in [6, 6.07) is 4.50. The fourth-order valence-electron chi connectivity index (χ4n) is 2.68. The van der Waals surface area contributed by atoms with Crippen molar-refractivity contribution < 1.29 is 24.4 Å². The molecule has 0 radical (unpaired) electrons. The van der Waals surface area contributed by atoms with Gasteiger partial charge in [0.25, 0.3) is 5.91 Å². The van der Waals surface area contributed by atoms with E-state index in [1.807, 2.05) is 0 Å². The molecule has 0 saturated carbocycles. The molecule has 118 valence electrons. The van der Waals surface area contributed by atoms with E-state index in [4.69, 9.17) is 4.74 Å². The minimum absolute atomic E-state index is 0.0531. The molecule has 1 aromatic rings. The van der Waals surface area contributed by atoms with E-state index in [0.717, 1.165) is 25.9 Å². The molecule has 2 rings (SSSR count). The van der Waals surface area contributed by atoms with Gasteiger partial charge in [-0.15, -0.1) is 0 Å². The lowest BCUT2D eigenvalue weighted by atomic mass is 9.77. The molecule has 1 amide bonds. The van der Waals surface area contributed by atoms with E-state index < -0.39 is 7.12 Å². The van der Waals surface area contributed by atoms with Gasteiger partial charge in [0.2, 0.25) is 0 Å². The number of nitrogens with zero attached hydrogens (tertiary/aromatic N) is 1. The maximum atomic E-state index is 12.1. The first-order valence-electron chi connectivity index (χ1n) is 7.37. The van der Waals surface area contributed by atoms with Crippen LogP contribution in [0, 0.1) is 5.92 Å². The molecule has 22 heavy (non-hydrogen) atoms. The monoisotopic (exact) mass is 305 g/mol. The molecule has 0 aromatic heterocycles. The smallest absolute Gasteiger partial charge is 0.483 e. The van der Waals surface area contributed by atoms with Crippen molar-refractivity contribution in [3.8, 4) is 5.75 Å². The molecule has 0 spiro atoms. The van der Waals surface area contributed by atoms with E-state index in [2.05, 4.69) is 6.92 Å². The van der Waals surface area contributed by atoms with E-state index in [9.17, 15) is 19.6 Å². The fraction of sp³-hybridized carbons (Fsp3) is 0.467. The Kier molecular flexibility index (Phi) is 5.57. The third kappa shape index (κ3) is 3.87. The second-order valence-electron chi connectivity index (χ2n) is 5.63. The Labute approximate surface area is 129 Å². The molecule has 1 aliphatic heterocycles. The summed E-state index contributed by atoms with van der Waals surface area (Å²) in [5.74, 6) is 0.536. The van der Waals surface area contributed by atoms with Crippen LogP contribution >= 0.6 is 0 Å². The third-order valence-corrected chi connectivity index (χ3v) is 3.86. The number of piperidine rings is 1. The lowest BCUT2D eigenvalue weighted by molar-refractivity contribution is -0.135. The van der Waals surface area contributed by atoms with Crippen molar-refractivity contribution in [3.05, 3.63) is 23.8 Å². The highest BCUT2D eigenvalue weighted by molar-refractivity contribution is 6.60. The predicted octanol–water partition coefficient (Wildman–Crippen LogP) is -0.184. The van der Waals surface area contributed by atoms with Gasteiger partial charge in [-0.2, -0.15) is 0 Å². The van der Waals surface area contributed by atoms with Crippen LogP contribution in [0.4, 0.5) is 0 Å². The van der Waals surface area contributed by atoms with Crippen molar-refractivity contribution in [2.24, 2.45) is 5.92 Å². The highest BCUT2D eigenvalue weighted by atomic mass is 16.5. The second kappa shape index (κ2) is 7.42. The average Bonchev–Trinajstić information content (AvgIpc) is 2.51. The largest absolute Gasteiger partial charge is 0.489 e. The number of carbonyl (C=O) groups is 2. The van der Waals surface area contributed by atoms with Gasteiger partial charge in [0.15, 0.2) is 12.9 Å². The molecule has 1 saturated heterocycles. The van der Waals surface area contributed by atoms with Crippen LogP contribution in [0.5, 0.6) is 5.75 Å². The Balaban J connectivity index is 2.03. The molecular weight excluding hydrogens is 285 g/mol. The van der Waals surface area contributed by atoms with Gasteiger partial charge in [-0.25, -0.2) is 0 Å². The summed E-state index contributed by atoms with van der Waals surface area (Å²) < 4.78 is 5.42. The van der Waals surface area contributed by atoms with E-state index in [1.54, 1.807) is 11.0 Å². The number of amides is 1. The van der Waals surface area contributed by atoms with Crippen molar-refractivity contribution >= 4 is 24.8 Å². The molecule has 7 heteroatoms. The van der Waals surface area contributed by atoms with Crippen molar-refractivity contribution in [2.75, 3.05) is 19.7 Å². The highest BCUT2D eigenvalue weighted by Gasteiger charge is 2.23. The van der Waals surface area contributed by atoms with Crippen LogP contribution in [-0.4, -0.2) is 54.0 Å². The Morgan fingerprint density at radius 2 is 2.27 bits per heavy atom. The zero-order valence-electron chi connectivity index (χ0n) is 12.6. The molecule has 1 fully saturated rings. The Bertz CT molecular complexity index is 549. The Hall–Kier alpha value is -1.86. The zero-order chi connectivity index (χ0) is 16.1. The van der Waals surface area contributed by atoms with Crippen molar-refractivity contribution in [3.63, 3.8) is 0 Å². The minimum Gasteiger partial charge on any atom is -0.483 e. The number of rotatable bonds is 5. The first-order chi connectivity index (χ1) is 10.5. The molecule has 1 atom stereocenters. The van der Waals surface area contributed by atoms with Crippen LogP contribution < -0.4 is 10.2 Å².